The van der Waals surface area contributed by atoms with Crippen molar-refractivity contribution >= 4 is 11.6 Å². The first-order valence-electron chi connectivity index (χ1n) is 5.81. The van der Waals surface area contributed by atoms with Crippen LogP contribution in [0.4, 0.5) is 13.2 Å². The summed E-state index contributed by atoms with van der Waals surface area (Å²) in [5, 5.41) is 0.172. The molecule has 0 aliphatic rings. The van der Waals surface area contributed by atoms with E-state index in [0.29, 0.717) is 5.82 Å². The zero-order chi connectivity index (χ0) is 15.5. The Kier molecular flexibility index (Phi) is 4.52. The van der Waals surface area contributed by atoms with Gasteiger partial charge in [-0.2, -0.15) is 18.2 Å². The molecule has 112 valence electrons. The summed E-state index contributed by atoms with van der Waals surface area (Å²) in [6.07, 6.45) is -4.43. The van der Waals surface area contributed by atoms with Crippen molar-refractivity contribution in [3.63, 3.8) is 0 Å². The van der Waals surface area contributed by atoms with Gasteiger partial charge in [0.15, 0.2) is 18.1 Å². The third kappa shape index (κ3) is 4.78. The molecule has 21 heavy (non-hydrogen) atoms. The summed E-state index contributed by atoms with van der Waals surface area (Å²) in [7, 11) is 0. The summed E-state index contributed by atoms with van der Waals surface area (Å²) in [5.74, 6) is 0.569. The van der Waals surface area contributed by atoms with Crippen molar-refractivity contribution in [3.8, 4) is 17.4 Å². The van der Waals surface area contributed by atoms with Crippen LogP contribution in [0.5, 0.6) is 17.4 Å². The van der Waals surface area contributed by atoms with Gasteiger partial charge in [-0.25, -0.2) is 4.98 Å². The summed E-state index contributed by atoms with van der Waals surface area (Å²) < 4.78 is 46.7. The molecule has 4 nitrogen and oxygen atoms in total. The van der Waals surface area contributed by atoms with Gasteiger partial charge in [0.1, 0.15) is 11.0 Å². The summed E-state index contributed by atoms with van der Waals surface area (Å²) in [6.45, 7) is 0.210. The molecule has 8 heteroatoms. The molecule has 0 aliphatic carbocycles. The van der Waals surface area contributed by atoms with Crippen LogP contribution in [0.15, 0.2) is 30.3 Å². The molecule has 1 heterocycles. The molecular formula is C13H10ClF3N2O2. The number of benzene rings is 1. The number of nitrogens with zero attached hydrogens (tertiary/aromatic N) is 2. The Hall–Kier alpha value is -2.02. The summed E-state index contributed by atoms with van der Waals surface area (Å²) in [6, 6.07) is 7.34. The van der Waals surface area contributed by atoms with Gasteiger partial charge in [0.25, 0.3) is 0 Å². The second-order valence-corrected chi connectivity index (χ2v) is 4.42. The van der Waals surface area contributed by atoms with Gasteiger partial charge in [-0.05, 0) is 19.1 Å². The van der Waals surface area contributed by atoms with E-state index < -0.39 is 12.8 Å². The molecule has 0 atom stereocenters. The number of para-hydroxylation sites is 2. The average molecular weight is 319 g/mol. The Morgan fingerprint density at radius 1 is 1.14 bits per heavy atom. The molecule has 0 bridgehead atoms. The number of aromatic nitrogens is 2. The van der Waals surface area contributed by atoms with E-state index in [4.69, 9.17) is 21.1 Å². The maximum atomic E-state index is 12.2. The van der Waals surface area contributed by atoms with Gasteiger partial charge in [-0.3, -0.25) is 0 Å². The lowest BCUT2D eigenvalue weighted by molar-refractivity contribution is -0.153. The van der Waals surface area contributed by atoms with Gasteiger partial charge < -0.3 is 9.47 Å². The van der Waals surface area contributed by atoms with Crippen molar-refractivity contribution in [2.24, 2.45) is 0 Å². The van der Waals surface area contributed by atoms with Crippen molar-refractivity contribution in [1.29, 1.82) is 0 Å². The van der Waals surface area contributed by atoms with Gasteiger partial charge >= 0.3 is 6.18 Å². The highest BCUT2D eigenvalue weighted by Gasteiger charge is 2.29. The monoisotopic (exact) mass is 318 g/mol. The Labute approximate surface area is 123 Å². The fourth-order valence-electron chi connectivity index (χ4n) is 1.48. The zero-order valence-corrected chi connectivity index (χ0v) is 11.6. The van der Waals surface area contributed by atoms with Crippen molar-refractivity contribution in [2.45, 2.75) is 13.1 Å². The fraction of sp³-hybridized carbons (Fsp3) is 0.231. The number of ether oxygens (including phenoxy) is 2. The van der Waals surface area contributed by atoms with E-state index in [1.807, 2.05) is 0 Å². The van der Waals surface area contributed by atoms with Gasteiger partial charge in [0.2, 0.25) is 5.88 Å². The number of rotatable bonds is 4. The average Bonchev–Trinajstić information content (AvgIpc) is 2.35. The Bertz CT molecular complexity index is 615. The van der Waals surface area contributed by atoms with Gasteiger partial charge in [-0.15, -0.1) is 0 Å². The predicted molar refractivity (Wildman–Crippen MR) is 69.8 cm³/mol. The van der Waals surface area contributed by atoms with Crippen LogP contribution in [0.2, 0.25) is 5.15 Å². The molecule has 0 saturated heterocycles. The van der Waals surface area contributed by atoms with Crippen LogP contribution in [0.3, 0.4) is 0 Å². The minimum absolute atomic E-state index is 0.0396. The lowest BCUT2D eigenvalue weighted by Crippen LogP contribution is -2.19. The fourth-order valence-corrected chi connectivity index (χ4v) is 1.70. The third-order valence-electron chi connectivity index (χ3n) is 2.24. The minimum Gasteiger partial charge on any atom is -0.480 e. The highest BCUT2D eigenvalue weighted by molar-refractivity contribution is 6.29. The van der Waals surface area contributed by atoms with Crippen LogP contribution in [-0.4, -0.2) is 22.8 Å². The van der Waals surface area contributed by atoms with Crippen molar-refractivity contribution in [1.82, 2.24) is 9.97 Å². The van der Waals surface area contributed by atoms with Crippen molar-refractivity contribution in [2.75, 3.05) is 6.61 Å². The molecule has 0 fully saturated rings. The molecule has 0 amide bonds. The lowest BCUT2D eigenvalue weighted by atomic mass is 10.3. The van der Waals surface area contributed by atoms with E-state index in [2.05, 4.69) is 9.97 Å². The molecule has 2 aromatic rings. The highest BCUT2D eigenvalue weighted by Crippen LogP contribution is 2.32. The maximum Gasteiger partial charge on any atom is 0.422 e. The predicted octanol–water partition coefficient (Wildman–Crippen LogP) is 4.17. The molecule has 0 N–H and O–H groups in total. The first kappa shape index (κ1) is 15.4. The Morgan fingerprint density at radius 3 is 2.43 bits per heavy atom. The van der Waals surface area contributed by atoms with E-state index >= 15 is 0 Å². The van der Waals surface area contributed by atoms with Crippen LogP contribution >= 0.6 is 11.6 Å². The first-order chi connectivity index (χ1) is 9.83. The topological polar surface area (TPSA) is 44.2 Å². The number of hydrogen-bond acceptors (Lipinski definition) is 4. The van der Waals surface area contributed by atoms with Crippen LogP contribution < -0.4 is 9.47 Å². The molecular weight excluding hydrogens is 309 g/mol. The smallest absolute Gasteiger partial charge is 0.422 e. The van der Waals surface area contributed by atoms with E-state index in [1.165, 1.54) is 24.3 Å². The molecule has 0 aliphatic heterocycles. The molecule has 1 aromatic carbocycles. The number of halogens is 4. The van der Waals surface area contributed by atoms with E-state index in [1.54, 1.807) is 13.0 Å². The largest absolute Gasteiger partial charge is 0.480 e. The third-order valence-corrected chi connectivity index (χ3v) is 2.43. The number of hydrogen-bond donors (Lipinski definition) is 0. The Morgan fingerprint density at radius 2 is 1.81 bits per heavy atom. The molecule has 1 aromatic heterocycles. The Balaban J connectivity index is 2.20. The van der Waals surface area contributed by atoms with Gasteiger partial charge in [-0.1, -0.05) is 23.7 Å². The van der Waals surface area contributed by atoms with E-state index in [-0.39, 0.29) is 22.5 Å². The van der Waals surface area contributed by atoms with Crippen LogP contribution in [0.1, 0.15) is 5.82 Å². The molecule has 0 saturated carbocycles. The highest BCUT2D eigenvalue weighted by atomic mass is 35.5. The molecule has 2 rings (SSSR count). The SMILES string of the molecule is Cc1nc(Cl)cc(Oc2ccccc2OCC(F)(F)F)n1. The maximum absolute atomic E-state index is 12.2. The summed E-state index contributed by atoms with van der Waals surface area (Å²) >= 11 is 5.77. The number of alkyl halides is 3. The van der Waals surface area contributed by atoms with Crippen LogP contribution in [0, 0.1) is 6.92 Å². The summed E-state index contributed by atoms with van der Waals surface area (Å²) in [5.41, 5.74) is 0. The summed E-state index contributed by atoms with van der Waals surface area (Å²) in [4.78, 5) is 7.84. The van der Waals surface area contributed by atoms with Crippen molar-refractivity contribution < 1.29 is 22.6 Å². The quantitative estimate of drug-likeness (QED) is 0.794. The molecule has 0 spiro atoms. The zero-order valence-electron chi connectivity index (χ0n) is 10.8. The second kappa shape index (κ2) is 6.17. The second-order valence-electron chi connectivity index (χ2n) is 4.03. The molecule has 0 radical (unpaired) electrons. The molecule has 0 unspecified atom stereocenters. The van der Waals surface area contributed by atoms with Crippen LogP contribution in [-0.2, 0) is 0 Å². The first-order valence-corrected chi connectivity index (χ1v) is 6.19. The van der Waals surface area contributed by atoms with E-state index in [9.17, 15) is 13.2 Å². The number of aryl methyl sites for hydroxylation is 1. The van der Waals surface area contributed by atoms with Crippen molar-refractivity contribution in [3.05, 3.63) is 41.3 Å². The standard InChI is InChI=1S/C13H10ClF3N2O2/c1-8-18-11(14)6-12(19-8)21-10-5-3-2-4-9(10)20-7-13(15,16)17/h2-6H,7H2,1H3. The van der Waals surface area contributed by atoms with Crippen LogP contribution in [0.25, 0.3) is 0 Å². The van der Waals surface area contributed by atoms with E-state index in [0.717, 1.165) is 0 Å². The lowest BCUT2D eigenvalue weighted by Gasteiger charge is -2.13. The van der Waals surface area contributed by atoms with Gasteiger partial charge in [0, 0.05) is 6.07 Å². The normalized spacial score (nSPS) is 11.3. The minimum atomic E-state index is -4.43. The van der Waals surface area contributed by atoms with Gasteiger partial charge in [0.05, 0.1) is 0 Å².